The summed E-state index contributed by atoms with van der Waals surface area (Å²) in [6, 6.07) is 0.342. The van der Waals surface area contributed by atoms with Crippen LogP contribution in [0.3, 0.4) is 0 Å². The molecule has 0 aromatic rings. The molecule has 2 aliphatic carbocycles. The fourth-order valence-corrected chi connectivity index (χ4v) is 4.42. The van der Waals surface area contributed by atoms with E-state index < -0.39 is 5.60 Å². The lowest BCUT2D eigenvalue weighted by molar-refractivity contribution is -0.000114. The van der Waals surface area contributed by atoms with Crippen LogP contribution in [0.4, 0.5) is 4.79 Å². The van der Waals surface area contributed by atoms with E-state index in [9.17, 15) is 4.79 Å². The Labute approximate surface area is 122 Å². The summed E-state index contributed by atoms with van der Waals surface area (Å²) in [4.78, 5) is 14.5. The Kier molecular flexibility index (Phi) is 3.69. The summed E-state index contributed by atoms with van der Waals surface area (Å²) in [7, 11) is 0. The number of nitrogens with zero attached hydrogens (tertiary/aromatic N) is 1. The van der Waals surface area contributed by atoms with Crippen molar-refractivity contribution in [3.63, 3.8) is 0 Å². The number of ether oxygens (including phenoxy) is 1. The molecule has 2 saturated carbocycles. The second-order valence-electron chi connectivity index (χ2n) is 7.78. The summed E-state index contributed by atoms with van der Waals surface area (Å²) in [6.45, 7) is 8.44. The Bertz CT molecular complexity index is 377. The first-order valence-corrected chi connectivity index (χ1v) is 8.14. The fraction of sp³-hybridized carbons (Fsp3) is 0.938. The molecule has 4 atom stereocenters. The molecule has 0 radical (unpaired) electrons. The quantitative estimate of drug-likeness (QED) is 0.803. The molecule has 4 unspecified atom stereocenters. The van der Waals surface area contributed by atoms with Gasteiger partial charge in [0.1, 0.15) is 5.60 Å². The Hall–Kier alpha value is -0.770. The summed E-state index contributed by atoms with van der Waals surface area (Å²) in [5, 5.41) is 3.47. The lowest BCUT2D eigenvalue weighted by Gasteiger charge is -2.42. The van der Waals surface area contributed by atoms with E-state index in [0.717, 1.165) is 31.5 Å². The summed E-state index contributed by atoms with van der Waals surface area (Å²) in [5.74, 6) is 2.45. The van der Waals surface area contributed by atoms with Crippen LogP contribution < -0.4 is 5.32 Å². The number of amides is 1. The van der Waals surface area contributed by atoms with E-state index in [1.54, 1.807) is 0 Å². The average Bonchev–Trinajstić information content (AvgIpc) is 2.99. The summed E-state index contributed by atoms with van der Waals surface area (Å²) in [6.07, 6.45) is 5.37. The molecule has 0 spiro atoms. The van der Waals surface area contributed by atoms with Crippen LogP contribution in [0.1, 0.15) is 46.5 Å². The number of carbonyl (C=O) groups is 1. The standard InChI is InChI=1S/C16H28N2O2/c1-16(2,3)20-15(19)18-7-6-17-10-14(18)13-9-11-4-5-12(13)8-11/h11-14,17H,4-10H2,1-3H3. The maximum atomic E-state index is 12.5. The van der Waals surface area contributed by atoms with Crippen LogP contribution in [-0.2, 0) is 4.74 Å². The van der Waals surface area contributed by atoms with Crippen molar-refractivity contribution >= 4 is 6.09 Å². The lowest BCUT2D eigenvalue weighted by Crippen LogP contribution is -2.58. The highest BCUT2D eigenvalue weighted by atomic mass is 16.6. The third-order valence-electron chi connectivity index (χ3n) is 5.20. The van der Waals surface area contributed by atoms with Gasteiger partial charge in [-0.15, -0.1) is 0 Å². The van der Waals surface area contributed by atoms with Gasteiger partial charge in [-0.2, -0.15) is 0 Å². The third kappa shape index (κ3) is 2.80. The van der Waals surface area contributed by atoms with Gasteiger partial charge in [-0.1, -0.05) is 6.42 Å². The minimum absolute atomic E-state index is 0.119. The van der Waals surface area contributed by atoms with Gasteiger partial charge >= 0.3 is 6.09 Å². The highest BCUT2D eigenvalue weighted by Crippen LogP contribution is 2.50. The number of hydrogen-bond acceptors (Lipinski definition) is 3. The van der Waals surface area contributed by atoms with Gasteiger partial charge in [0.2, 0.25) is 0 Å². The van der Waals surface area contributed by atoms with Gasteiger partial charge in [0, 0.05) is 19.6 Å². The van der Waals surface area contributed by atoms with E-state index in [4.69, 9.17) is 4.74 Å². The number of hydrogen-bond donors (Lipinski definition) is 1. The Morgan fingerprint density at radius 3 is 2.65 bits per heavy atom. The van der Waals surface area contributed by atoms with E-state index in [1.165, 1.54) is 25.7 Å². The molecule has 3 fully saturated rings. The van der Waals surface area contributed by atoms with Crippen LogP contribution in [0.5, 0.6) is 0 Å². The molecular formula is C16H28N2O2. The molecule has 3 aliphatic rings. The van der Waals surface area contributed by atoms with Crippen molar-refractivity contribution < 1.29 is 9.53 Å². The van der Waals surface area contributed by atoms with Crippen LogP contribution in [-0.4, -0.2) is 42.3 Å². The van der Waals surface area contributed by atoms with E-state index in [-0.39, 0.29) is 6.09 Å². The number of nitrogens with one attached hydrogen (secondary N) is 1. The fourth-order valence-electron chi connectivity index (χ4n) is 4.42. The van der Waals surface area contributed by atoms with Crippen molar-refractivity contribution in [2.45, 2.75) is 58.1 Å². The first kappa shape index (κ1) is 14.2. The Morgan fingerprint density at radius 2 is 2.05 bits per heavy atom. The number of carbonyl (C=O) groups excluding carboxylic acids is 1. The molecule has 1 heterocycles. The predicted molar refractivity (Wildman–Crippen MR) is 78.5 cm³/mol. The van der Waals surface area contributed by atoms with Crippen molar-refractivity contribution in [1.29, 1.82) is 0 Å². The van der Waals surface area contributed by atoms with Gasteiger partial charge in [-0.05, 0) is 57.8 Å². The van der Waals surface area contributed by atoms with E-state index in [1.807, 2.05) is 25.7 Å². The molecule has 3 rings (SSSR count). The molecule has 0 aromatic heterocycles. The predicted octanol–water partition coefficient (Wildman–Crippen LogP) is 2.63. The van der Waals surface area contributed by atoms with Gasteiger partial charge in [-0.25, -0.2) is 4.79 Å². The lowest BCUT2D eigenvalue weighted by atomic mass is 9.82. The summed E-state index contributed by atoms with van der Waals surface area (Å²) < 4.78 is 5.61. The Balaban J connectivity index is 1.69. The van der Waals surface area contributed by atoms with Crippen LogP contribution in [0.25, 0.3) is 0 Å². The molecule has 114 valence electrons. The maximum absolute atomic E-state index is 12.5. The second-order valence-corrected chi connectivity index (χ2v) is 7.78. The molecule has 1 amide bonds. The second kappa shape index (κ2) is 5.21. The number of piperazine rings is 1. The molecule has 1 N–H and O–H groups in total. The van der Waals surface area contributed by atoms with Gasteiger partial charge in [0.05, 0.1) is 6.04 Å². The first-order valence-electron chi connectivity index (χ1n) is 8.14. The molecule has 20 heavy (non-hydrogen) atoms. The van der Waals surface area contributed by atoms with Crippen LogP contribution in [0, 0.1) is 17.8 Å². The largest absolute Gasteiger partial charge is 0.444 e. The minimum Gasteiger partial charge on any atom is -0.444 e. The van der Waals surface area contributed by atoms with Crippen molar-refractivity contribution in [3.05, 3.63) is 0 Å². The van der Waals surface area contributed by atoms with Crippen LogP contribution in [0.2, 0.25) is 0 Å². The smallest absolute Gasteiger partial charge is 0.410 e. The highest BCUT2D eigenvalue weighted by Gasteiger charge is 2.46. The van der Waals surface area contributed by atoms with Crippen LogP contribution >= 0.6 is 0 Å². The molecule has 0 aromatic carbocycles. The van der Waals surface area contributed by atoms with Gasteiger partial charge in [0.15, 0.2) is 0 Å². The van der Waals surface area contributed by atoms with Crippen molar-refractivity contribution in [1.82, 2.24) is 10.2 Å². The van der Waals surface area contributed by atoms with Crippen molar-refractivity contribution in [2.24, 2.45) is 17.8 Å². The van der Waals surface area contributed by atoms with Gasteiger partial charge in [0.25, 0.3) is 0 Å². The summed E-state index contributed by atoms with van der Waals surface area (Å²) in [5.41, 5.74) is -0.402. The molecular weight excluding hydrogens is 252 g/mol. The maximum Gasteiger partial charge on any atom is 0.410 e. The first-order chi connectivity index (χ1) is 9.44. The molecule has 1 aliphatic heterocycles. The summed E-state index contributed by atoms with van der Waals surface area (Å²) >= 11 is 0. The molecule has 1 saturated heterocycles. The average molecular weight is 280 g/mol. The van der Waals surface area contributed by atoms with Crippen LogP contribution in [0.15, 0.2) is 0 Å². The third-order valence-corrected chi connectivity index (χ3v) is 5.20. The number of fused-ring (bicyclic) bond motifs is 2. The van der Waals surface area contributed by atoms with E-state index >= 15 is 0 Å². The zero-order chi connectivity index (χ0) is 14.3. The molecule has 4 nitrogen and oxygen atoms in total. The Morgan fingerprint density at radius 1 is 1.25 bits per heavy atom. The topological polar surface area (TPSA) is 41.6 Å². The zero-order valence-corrected chi connectivity index (χ0v) is 13.0. The van der Waals surface area contributed by atoms with E-state index in [2.05, 4.69) is 5.32 Å². The molecule has 2 bridgehead atoms. The highest BCUT2D eigenvalue weighted by molar-refractivity contribution is 5.68. The van der Waals surface area contributed by atoms with E-state index in [0.29, 0.717) is 12.0 Å². The number of rotatable bonds is 1. The minimum atomic E-state index is -0.402. The zero-order valence-electron chi connectivity index (χ0n) is 13.0. The SMILES string of the molecule is CC(C)(C)OC(=O)N1CCNCC1C1CC2CCC1C2. The monoisotopic (exact) mass is 280 g/mol. The normalized spacial score (nSPS) is 37.2. The van der Waals surface area contributed by atoms with Gasteiger partial charge in [-0.3, -0.25) is 0 Å². The van der Waals surface area contributed by atoms with Crippen molar-refractivity contribution in [3.8, 4) is 0 Å². The van der Waals surface area contributed by atoms with Gasteiger partial charge < -0.3 is 15.0 Å². The molecule has 4 heteroatoms. The van der Waals surface area contributed by atoms with Crippen molar-refractivity contribution in [2.75, 3.05) is 19.6 Å².